The maximum atomic E-state index is 15.1. The number of fused-ring (bicyclic) bond motifs is 1. The molecule has 0 bridgehead atoms. The highest BCUT2D eigenvalue weighted by atomic mass is 19.1. The van der Waals surface area contributed by atoms with Crippen molar-refractivity contribution in [1.82, 2.24) is 19.8 Å². The summed E-state index contributed by atoms with van der Waals surface area (Å²) in [6.45, 7) is 3.07. The average Bonchev–Trinajstić information content (AvgIpc) is 3.14. The Bertz CT molecular complexity index is 1200. The van der Waals surface area contributed by atoms with Crippen LogP contribution in [-0.4, -0.2) is 66.4 Å². The van der Waals surface area contributed by atoms with Gasteiger partial charge in [-0.05, 0) is 36.8 Å². The smallest absolute Gasteiger partial charge is 0.409 e. The number of halogens is 2. The molecule has 2 aromatic carbocycles. The summed E-state index contributed by atoms with van der Waals surface area (Å²) in [5, 5.41) is 2.35. The van der Waals surface area contributed by atoms with Crippen molar-refractivity contribution in [3.63, 3.8) is 0 Å². The first-order chi connectivity index (χ1) is 15.8. The van der Waals surface area contributed by atoms with Crippen LogP contribution >= 0.6 is 0 Å². The van der Waals surface area contributed by atoms with Gasteiger partial charge in [-0.2, -0.15) is 0 Å². The van der Waals surface area contributed by atoms with E-state index in [1.54, 1.807) is 4.57 Å². The zero-order valence-electron chi connectivity index (χ0n) is 18.5. The Kier molecular flexibility index (Phi) is 6.28. The highest BCUT2D eigenvalue weighted by molar-refractivity contribution is 5.94. The Balaban J connectivity index is 1.79. The number of nitrogens with one attached hydrogen (secondary N) is 1. The molecule has 4 rings (SSSR count). The first-order valence-electron chi connectivity index (χ1n) is 10.4. The van der Waals surface area contributed by atoms with Crippen molar-refractivity contribution < 1.29 is 27.8 Å². The molecule has 2 heterocycles. The summed E-state index contributed by atoms with van der Waals surface area (Å²) in [6.07, 6.45) is -0.900. The monoisotopic (exact) mass is 458 g/mol. The second kappa shape index (κ2) is 9.14. The number of hydrogen-bond donors (Lipinski definition) is 1. The van der Waals surface area contributed by atoms with Crippen molar-refractivity contribution >= 4 is 23.0 Å². The molecule has 0 spiro atoms. The minimum absolute atomic E-state index is 0.0767. The van der Waals surface area contributed by atoms with Gasteiger partial charge in [0.25, 0.3) is 5.91 Å². The lowest BCUT2D eigenvalue weighted by molar-refractivity contribution is -0.0310. The topological polar surface area (TPSA) is 85.7 Å². The fraction of sp³-hybridized carbons (Fsp3) is 0.348. The molecule has 1 N–H and O–H groups in total. The number of imidazole rings is 1. The fourth-order valence-corrected chi connectivity index (χ4v) is 4.01. The Morgan fingerprint density at radius 2 is 1.97 bits per heavy atom. The van der Waals surface area contributed by atoms with Crippen LogP contribution in [0.4, 0.5) is 13.6 Å². The van der Waals surface area contributed by atoms with Gasteiger partial charge in [0.1, 0.15) is 17.5 Å². The number of rotatable bonds is 4. The molecule has 1 atom stereocenters. The van der Waals surface area contributed by atoms with Gasteiger partial charge in [-0.15, -0.1) is 0 Å². The van der Waals surface area contributed by atoms with Gasteiger partial charge in [-0.1, -0.05) is 6.07 Å². The standard InChI is InChI=1S/C23H24F2N4O4/c1-13-4-5-19-18(8-13)27-21(20-16(24)9-14(10-17(20)25)22(30)26-2)29(19)12-15-11-28(6-7-33-15)23(31)32-3/h4-5,8-10,15H,6-7,11-12H2,1-3H3,(H,26,30)/t15-/m0/s1. The van der Waals surface area contributed by atoms with Crippen molar-refractivity contribution in [2.75, 3.05) is 33.9 Å². The van der Waals surface area contributed by atoms with Crippen LogP contribution in [0, 0.1) is 18.6 Å². The van der Waals surface area contributed by atoms with Crippen LogP contribution in [-0.2, 0) is 16.0 Å². The predicted molar refractivity (Wildman–Crippen MR) is 117 cm³/mol. The van der Waals surface area contributed by atoms with Crippen LogP contribution in [0.2, 0.25) is 0 Å². The number of aromatic nitrogens is 2. The molecule has 1 fully saturated rings. The summed E-state index contributed by atoms with van der Waals surface area (Å²) in [5.41, 5.74) is 1.72. The first kappa shape index (κ1) is 22.7. The molecular formula is C23H24F2N4O4. The molecule has 1 aromatic heterocycles. The van der Waals surface area contributed by atoms with Crippen LogP contribution < -0.4 is 5.32 Å². The van der Waals surface area contributed by atoms with Crippen LogP contribution in [0.3, 0.4) is 0 Å². The van der Waals surface area contributed by atoms with Crippen molar-refractivity contribution in [1.29, 1.82) is 0 Å². The maximum absolute atomic E-state index is 15.1. The number of carbonyl (C=O) groups is 2. The van der Waals surface area contributed by atoms with E-state index in [4.69, 9.17) is 9.47 Å². The second-order valence-corrected chi connectivity index (χ2v) is 7.84. The molecule has 1 aliphatic heterocycles. The predicted octanol–water partition coefficient (Wildman–Crippen LogP) is 3.12. The molecule has 33 heavy (non-hydrogen) atoms. The Hall–Kier alpha value is -3.53. The lowest BCUT2D eigenvalue weighted by Crippen LogP contribution is -2.47. The van der Waals surface area contributed by atoms with E-state index in [-0.39, 0.29) is 30.0 Å². The highest BCUT2D eigenvalue weighted by Crippen LogP contribution is 2.31. The molecule has 0 unspecified atom stereocenters. The fourth-order valence-electron chi connectivity index (χ4n) is 4.01. The number of benzene rings is 2. The number of ether oxygens (including phenoxy) is 2. The number of aryl methyl sites for hydroxylation is 1. The van der Waals surface area contributed by atoms with Crippen molar-refractivity contribution in [3.05, 3.63) is 53.1 Å². The molecule has 0 aliphatic carbocycles. The van der Waals surface area contributed by atoms with Crippen LogP contribution in [0.5, 0.6) is 0 Å². The molecule has 0 saturated carbocycles. The van der Waals surface area contributed by atoms with E-state index in [9.17, 15) is 9.59 Å². The van der Waals surface area contributed by atoms with E-state index in [0.29, 0.717) is 24.2 Å². The first-order valence-corrected chi connectivity index (χ1v) is 10.4. The van der Waals surface area contributed by atoms with Crippen molar-refractivity contribution in [2.45, 2.75) is 19.6 Å². The van der Waals surface area contributed by atoms with Gasteiger partial charge in [-0.25, -0.2) is 18.6 Å². The third-order valence-electron chi connectivity index (χ3n) is 5.62. The zero-order valence-corrected chi connectivity index (χ0v) is 18.5. The van der Waals surface area contributed by atoms with Gasteiger partial charge >= 0.3 is 6.09 Å². The van der Waals surface area contributed by atoms with Gasteiger partial charge in [0.15, 0.2) is 0 Å². The van der Waals surface area contributed by atoms with Crippen LogP contribution in [0.25, 0.3) is 22.4 Å². The van der Waals surface area contributed by atoms with E-state index in [0.717, 1.165) is 17.7 Å². The number of methoxy groups -OCH3 is 1. The van der Waals surface area contributed by atoms with Gasteiger partial charge < -0.3 is 24.3 Å². The molecule has 0 radical (unpaired) electrons. The Morgan fingerprint density at radius 3 is 2.64 bits per heavy atom. The zero-order chi connectivity index (χ0) is 23.7. The average molecular weight is 458 g/mol. The van der Waals surface area contributed by atoms with E-state index in [1.807, 2.05) is 25.1 Å². The van der Waals surface area contributed by atoms with Gasteiger partial charge in [0.2, 0.25) is 0 Å². The van der Waals surface area contributed by atoms with E-state index < -0.39 is 29.7 Å². The van der Waals surface area contributed by atoms with Crippen LogP contribution in [0.1, 0.15) is 15.9 Å². The normalized spacial score (nSPS) is 16.2. The lowest BCUT2D eigenvalue weighted by Gasteiger charge is -2.32. The maximum Gasteiger partial charge on any atom is 0.409 e. The molecule has 8 nitrogen and oxygen atoms in total. The largest absolute Gasteiger partial charge is 0.453 e. The van der Waals surface area contributed by atoms with Crippen molar-refractivity contribution in [3.8, 4) is 11.4 Å². The molecule has 1 saturated heterocycles. The number of morpholine rings is 1. The number of nitrogens with zero attached hydrogens (tertiary/aromatic N) is 3. The summed E-state index contributed by atoms with van der Waals surface area (Å²) in [6, 6.07) is 7.52. The molecule has 3 aromatic rings. The number of carbonyl (C=O) groups excluding carboxylic acids is 2. The Labute approximate surface area is 189 Å². The van der Waals surface area contributed by atoms with E-state index >= 15 is 8.78 Å². The summed E-state index contributed by atoms with van der Waals surface area (Å²) >= 11 is 0. The summed E-state index contributed by atoms with van der Waals surface area (Å²) in [4.78, 5) is 29.9. The molecular weight excluding hydrogens is 434 g/mol. The molecule has 10 heteroatoms. The van der Waals surface area contributed by atoms with Gasteiger partial charge in [0, 0.05) is 19.2 Å². The minimum Gasteiger partial charge on any atom is -0.453 e. The molecule has 2 amide bonds. The molecule has 174 valence electrons. The number of hydrogen-bond acceptors (Lipinski definition) is 5. The summed E-state index contributed by atoms with van der Waals surface area (Å²) < 4.78 is 42.5. The van der Waals surface area contributed by atoms with Crippen molar-refractivity contribution in [2.24, 2.45) is 0 Å². The SMILES string of the molecule is CNC(=O)c1cc(F)c(-c2nc3cc(C)ccc3n2C[C@@H]2CN(C(=O)OC)CCO2)c(F)c1. The van der Waals surface area contributed by atoms with Gasteiger partial charge in [0.05, 0.1) is 49.5 Å². The third kappa shape index (κ3) is 4.38. The van der Waals surface area contributed by atoms with Gasteiger partial charge in [-0.3, -0.25) is 4.79 Å². The van der Waals surface area contributed by atoms with E-state index in [1.165, 1.54) is 19.1 Å². The molecule has 1 aliphatic rings. The Morgan fingerprint density at radius 1 is 1.24 bits per heavy atom. The summed E-state index contributed by atoms with van der Waals surface area (Å²) in [5.74, 6) is -2.32. The summed E-state index contributed by atoms with van der Waals surface area (Å²) in [7, 11) is 2.69. The number of amides is 2. The lowest BCUT2D eigenvalue weighted by atomic mass is 10.1. The highest BCUT2D eigenvalue weighted by Gasteiger charge is 2.28. The quantitative estimate of drug-likeness (QED) is 0.649. The second-order valence-electron chi connectivity index (χ2n) is 7.84. The minimum atomic E-state index is -0.900. The third-order valence-corrected chi connectivity index (χ3v) is 5.62. The van der Waals surface area contributed by atoms with Crippen LogP contribution in [0.15, 0.2) is 30.3 Å². The van der Waals surface area contributed by atoms with E-state index in [2.05, 4.69) is 10.3 Å².